The number of anilines is 3. The third-order valence-corrected chi connectivity index (χ3v) is 12.2. The number of para-hydroxylation sites is 4. The van der Waals surface area contributed by atoms with Crippen LogP contribution in [0.25, 0.3) is 93.6 Å². The standard InChI is InChI=1S/C58H38N2O/c1-2-14-39(15-3-1)42-17-12-18-43(38-42)40-28-31-44(32-29-40)59(45-33-35-46(36-34-45)60-55-26-10-6-20-48(55)49-21-7-11-27-56(49)60)54-25-9-8-22-50(54)51-23-13-24-52-53-37-30-41-16-4-5-19-47(41)57(53)61-58(51)52/h1-38H. The van der Waals surface area contributed by atoms with Crippen molar-refractivity contribution in [1.29, 1.82) is 0 Å². The first-order valence-electron chi connectivity index (χ1n) is 20.8. The Labute approximate surface area is 353 Å². The fraction of sp³-hybridized carbons (Fsp3) is 0. The molecule has 286 valence electrons. The first-order chi connectivity index (χ1) is 30.3. The summed E-state index contributed by atoms with van der Waals surface area (Å²) >= 11 is 0. The van der Waals surface area contributed by atoms with Crippen molar-refractivity contribution in [2.24, 2.45) is 0 Å². The number of hydrogen-bond acceptors (Lipinski definition) is 2. The zero-order valence-corrected chi connectivity index (χ0v) is 33.2. The molecule has 0 N–H and O–H groups in total. The largest absolute Gasteiger partial charge is 0.455 e. The van der Waals surface area contributed by atoms with Crippen LogP contribution < -0.4 is 4.90 Å². The summed E-state index contributed by atoms with van der Waals surface area (Å²) in [4.78, 5) is 2.38. The van der Waals surface area contributed by atoms with Crippen LogP contribution in [0.1, 0.15) is 0 Å². The number of fused-ring (bicyclic) bond motifs is 8. The Kier molecular flexibility index (Phi) is 8.17. The lowest BCUT2D eigenvalue weighted by atomic mass is 9.98. The van der Waals surface area contributed by atoms with Crippen LogP contribution in [0, 0.1) is 0 Å². The number of aromatic nitrogens is 1. The minimum Gasteiger partial charge on any atom is -0.455 e. The Morgan fingerprint density at radius 2 is 0.852 bits per heavy atom. The van der Waals surface area contributed by atoms with Crippen molar-refractivity contribution in [2.75, 3.05) is 4.90 Å². The summed E-state index contributed by atoms with van der Waals surface area (Å²) in [7, 11) is 0. The predicted molar refractivity (Wildman–Crippen MR) is 257 cm³/mol. The van der Waals surface area contributed by atoms with Gasteiger partial charge in [-0.3, -0.25) is 0 Å². The molecule has 0 aliphatic rings. The van der Waals surface area contributed by atoms with Gasteiger partial charge in [-0.25, -0.2) is 0 Å². The van der Waals surface area contributed by atoms with Crippen LogP contribution in [-0.4, -0.2) is 4.57 Å². The zero-order chi connectivity index (χ0) is 40.3. The van der Waals surface area contributed by atoms with Crippen molar-refractivity contribution in [2.45, 2.75) is 0 Å². The molecule has 61 heavy (non-hydrogen) atoms. The highest BCUT2D eigenvalue weighted by atomic mass is 16.3. The van der Waals surface area contributed by atoms with E-state index in [1.807, 2.05) is 0 Å². The van der Waals surface area contributed by atoms with Crippen molar-refractivity contribution < 1.29 is 4.42 Å². The second-order valence-corrected chi connectivity index (χ2v) is 15.7. The Morgan fingerprint density at radius 3 is 1.59 bits per heavy atom. The maximum absolute atomic E-state index is 6.91. The van der Waals surface area contributed by atoms with Gasteiger partial charge in [-0.1, -0.05) is 164 Å². The van der Waals surface area contributed by atoms with E-state index < -0.39 is 0 Å². The minimum absolute atomic E-state index is 0.886. The number of nitrogens with zero attached hydrogens (tertiary/aromatic N) is 2. The SMILES string of the molecule is c1ccc(-c2cccc(-c3ccc(N(c4ccc(-n5c6ccccc6c6ccccc65)cc4)c4ccccc4-c4cccc5c4oc4c6ccccc6ccc54)cc3)c2)cc1. The summed E-state index contributed by atoms with van der Waals surface area (Å²) in [6, 6.07) is 82.8. The topological polar surface area (TPSA) is 21.3 Å². The van der Waals surface area contributed by atoms with E-state index in [1.54, 1.807) is 0 Å². The van der Waals surface area contributed by atoms with E-state index in [4.69, 9.17) is 4.42 Å². The predicted octanol–water partition coefficient (Wildman–Crippen LogP) is 16.3. The number of benzene rings is 10. The second-order valence-electron chi connectivity index (χ2n) is 15.7. The van der Waals surface area contributed by atoms with Crippen LogP contribution in [0.4, 0.5) is 17.1 Å². The molecular weight excluding hydrogens is 741 g/mol. The lowest BCUT2D eigenvalue weighted by Gasteiger charge is -2.28. The molecule has 3 heteroatoms. The maximum Gasteiger partial charge on any atom is 0.143 e. The summed E-state index contributed by atoms with van der Waals surface area (Å²) in [5.74, 6) is 0. The number of hydrogen-bond donors (Lipinski definition) is 0. The Hall–Kier alpha value is -8.14. The van der Waals surface area contributed by atoms with Crippen molar-refractivity contribution in [3.05, 3.63) is 231 Å². The molecule has 0 saturated heterocycles. The summed E-state index contributed by atoms with van der Waals surface area (Å²) in [5.41, 5.74) is 15.4. The van der Waals surface area contributed by atoms with Gasteiger partial charge in [0, 0.05) is 55.1 Å². The molecule has 0 atom stereocenters. The molecule has 0 saturated carbocycles. The van der Waals surface area contributed by atoms with Crippen LogP contribution in [0.2, 0.25) is 0 Å². The minimum atomic E-state index is 0.886. The molecule has 0 spiro atoms. The summed E-state index contributed by atoms with van der Waals surface area (Å²) < 4.78 is 9.28. The van der Waals surface area contributed by atoms with E-state index in [1.165, 1.54) is 43.9 Å². The van der Waals surface area contributed by atoms with Gasteiger partial charge >= 0.3 is 0 Å². The van der Waals surface area contributed by atoms with E-state index in [0.29, 0.717) is 0 Å². The average molecular weight is 779 g/mol. The third kappa shape index (κ3) is 5.82. The van der Waals surface area contributed by atoms with Crippen molar-refractivity contribution in [3.63, 3.8) is 0 Å². The van der Waals surface area contributed by atoms with Gasteiger partial charge in [-0.2, -0.15) is 0 Å². The zero-order valence-electron chi connectivity index (χ0n) is 33.2. The first-order valence-corrected chi connectivity index (χ1v) is 20.8. The van der Waals surface area contributed by atoms with Gasteiger partial charge in [-0.15, -0.1) is 0 Å². The van der Waals surface area contributed by atoms with E-state index in [9.17, 15) is 0 Å². The van der Waals surface area contributed by atoms with E-state index in [0.717, 1.165) is 66.8 Å². The van der Waals surface area contributed by atoms with E-state index in [2.05, 4.69) is 240 Å². The first kappa shape index (κ1) is 34.9. The lowest BCUT2D eigenvalue weighted by molar-refractivity contribution is 0.674. The normalized spacial score (nSPS) is 11.6. The maximum atomic E-state index is 6.91. The molecule has 12 aromatic rings. The molecule has 0 aliphatic carbocycles. The van der Waals surface area contributed by atoms with Gasteiger partial charge < -0.3 is 13.9 Å². The summed E-state index contributed by atoms with van der Waals surface area (Å²) in [6.45, 7) is 0. The smallest absolute Gasteiger partial charge is 0.143 e. The van der Waals surface area contributed by atoms with E-state index in [-0.39, 0.29) is 0 Å². The van der Waals surface area contributed by atoms with Crippen molar-refractivity contribution in [3.8, 4) is 39.1 Å². The van der Waals surface area contributed by atoms with Gasteiger partial charge in [-0.05, 0) is 94.4 Å². The molecule has 0 radical (unpaired) electrons. The van der Waals surface area contributed by atoms with Crippen LogP contribution >= 0.6 is 0 Å². The molecule has 0 fully saturated rings. The molecule has 0 unspecified atom stereocenters. The van der Waals surface area contributed by atoms with Crippen LogP contribution in [0.5, 0.6) is 0 Å². The molecule has 0 aliphatic heterocycles. The quantitative estimate of drug-likeness (QED) is 0.161. The fourth-order valence-corrected chi connectivity index (χ4v) is 9.33. The Balaban J connectivity index is 1.02. The van der Waals surface area contributed by atoms with Crippen LogP contribution in [0.15, 0.2) is 235 Å². The second kappa shape index (κ2) is 14.3. The summed E-state index contributed by atoms with van der Waals surface area (Å²) in [5, 5.41) is 7.02. The average Bonchev–Trinajstić information content (AvgIpc) is 3.89. The van der Waals surface area contributed by atoms with Gasteiger partial charge in [0.15, 0.2) is 0 Å². The van der Waals surface area contributed by atoms with Gasteiger partial charge in [0.2, 0.25) is 0 Å². The molecule has 0 bridgehead atoms. The number of rotatable bonds is 7. The number of furan rings is 1. The van der Waals surface area contributed by atoms with Crippen LogP contribution in [0.3, 0.4) is 0 Å². The Morgan fingerprint density at radius 1 is 0.328 bits per heavy atom. The fourth-order valence-electron chi connectivity index (χ4n) is 9.33. The molecular formula is C58H38N2O. The highest BCUT2D eigenvalue weighted by Gasteiger charge is 2.22. The molecule has 12 rings (SSSR count). The molecule has 0 amide bonds. The third-order valence-electron chi connectivity index (χ3n) is 12.2. The monoisotopic (exact) mass is 778 g/mol. The van der Waals surface area contributed by atoms with Gasteiger partial charge in [0.1, 0.15) is 11.2 Å². The highest BCUT2D eigenvalue weighted by molar-refractivity contribution is 6.17. The Bertz CT molecular complexity index is 3520. The lowest BCUT2D eigenvalue weighted by Crippen LogP contribution is -2.11. The van der Waals surface area contributed by atoms with Gasteiger partial charge in [0.25, 0.3) is 0 Å². The molecule has 2 heterocycles. The van der Waals surface area contributed by atoms with Gasteiger partial charge in [0.05, 0.1) is 16.7 Å². The molecule has 10 aromatic carbocycles. The van der Waals surface area contributed by atoms with E-state index >= 15 is 0 Å². The van der Waals surface area contributed by atoms with Crippen molar-refractivity contribution >= 4 is 71.6 Å². The molecule has 2 aromatic heterocycles. The molecule has 3 nitrogen and oxygen atoms in total. The van der Waals surface area contributed by atoms with Crippen molar-refractivity contribution in [1.82, 2.24) is 4.57 Å². The summed E-state index contributed by atoms with van der Waals surface area (Å²) in [6.07, 6.45) is 0. The highest BCUT2D eigenvalue weighted by Crippen LogP contribution is 2.46. The van der Waals surface area contributed by atoms with Crippen LogP contribution in [-0.2, 0) is 0 Å².